The van der Waals surface area contributed by atoms with Crippen LogP contribution in [0.25, 0.3) is 0 Å². The first-order valence-electron chi connectivity index (χ1n) is 4.01. The van der Waals surface area contributed by atoms with Crippen molar-refractivity contribution in [3.8, 4) is 0 Å². The Morgan fingerprint density at radius 2 is 2.00 bits per heavy atom. The summed E-state index contributed by atoms with van der Waals surface area (Å²) in [6.07, 6.45) is 6.18. The van der Waals surface area contributed by atoms with Crippen molar-refractivity contribution in [2.24, 2.45) is 4.99 Å². The van der Waals surface area contributed by atoms with E-state index >= 15 is 0 Å². The second-order valence-corrected chi connectivity index (χ2v) is 2.64. The van der Waals surface area contributed by atoms with Crippen LogP contribution in [0.2, 0.25) is 0 Å². The Labute approximate surface area is 62.3 Å². The average molecular weight is 141 g/mol. The van der Waals surface area contributed by atoms with Crippen LogP contribution >= 0.6 is 0 Å². The van der Waals surface area contributed by atoms with E-state index in [4.69, 9.17) is 4.74 Å². The van der Waals surface area contributed by atoms with Gasteiger partial charge >= 0.3 is 0 Å². The molecule has 0 aromatic heterocycles. The quantitative estimate of drug-likeness (QED) is 0.505. The topological polar surface area (TPSA) is 21.6 Å². The molecule has 0 saturated heterocycles. The molecule has 0 aromatic carbocycles. The van der Waals surface area contributed by atoms with Crippen LogP contribution in [0.5, 0.6) is 0 Å². The molecule has 0 unspecified atom stereocenters. The van der Waals surface area contributed by atoms with Crippen LogP contribution in [0.1, 0.15) is 32.1 Å². The van der Waals surface area contributed by atoms with Crippen molar-refractivity contribution >= 4 is 5.90 Å². The average Bonchev–Trinajstić information content (AvgIpc) is 1.87. The zero-order chi connectivity index (χ0) is 7.23. The Hall–Kier alpha value is -0.530. The van der Waals surface area contributed by atoms with Crippen LogP contribution in [0.3, 0.4) is 0 Å². The zero-order valence-electron chi connectivity index (χ0n) is 6.60. The van der Waals surface area contributed by atoms with Crippen LogP contribution in [0.4, 0.5) is 0 Å². The third-order valence-electron chi connectivity index (χ3n) is 1.82. The number of methoxy groups -OCH3 is 1. The first kappa shape index (κ1) is 7.58. The van der Waals surface area contributed by atoms with E-state index in [0.717, 1.165) is 18.9 Å². The highest BCUT2D eigenvalue weighted by molar-refractivity contribution is 5.75. The van der Waals surface area contributed by atoms with Gasteiger partial charge in [0.2, 0.25) is 0 Å². The van der Waals surface area contributed by atoms with E-state index in [9.17, 15) is 0 Å². The molecule has 1 aliphatic rings. The Balaban J connectivity index is 2.35. The van der Waals surface area contributed by atoms with E-state index in [0.29, 0.717) is 0 Å². The molecule has 0 N–H and O–H groups in total. The number of hydrogen-bond acceptors (Lipinski definition) is 2. The first-order chi connectivity index (χ1) is 4.93. The van der Waals surface area contributed by atoms with Gasteiger partial charge in [0.1, 0.15) is 0 Å². The third kappa shape index (κ3) is 2.38. The van der Waals surface area contributed by atoms with Gasteiger partial charge in [-0.1, -0.05) is 12.8 Å². The maximum Gasteiger partial charge on any atom is 0.182 e. The van der Waals surface area contributed by atoms with Crippen LogP contribution in [0, 0.1) is 0 Å². The molecule has 0 bridgehead atoms. The van der Waals surface area contributed by atoms with Crippen LogP contribution in [-0.4, -0.2) is 19.6 Å². The third-order valence-corrected chi connectivity index (χ3v) is 1.82. The summed E-state index contributed by atoms with van der Waals surface area (Å²) in [6, 6.07) is 0. The summed E-state index contributed by atoms with van der Waals surface area (Å²) in [5.41, 5.74) is 0. The Morgan fingerprint density at radius 1 is 1.20 bits per heavy atom. The summed E-state index contributed by atoms with van der Waals surface area (Å²) in [4.78, 5) is 4.30. The molecule has 0 saturated carbocycles. The van der Waals surface area contributed by atoms with E-state index in [1.165, 1.54) is 25.7 Å². The van der Waals surface area contributed by atoms with E-state index < -0.39 is 0 Å². The number of nitrogens with zero attached hydrogens (tertiary/aromatic N) is 1. The van der Waals surface area contributed by atoms with Crippen molar-refractivity contribution in [2.75, 3.05) is 13.7 Å². The van der Waals surface area contributed by atoms with Gasteiger partial charge in [0.15, 0.2) is 5.90 Å². The van der Waals surface area contributed by atoms with Gasteiger partial charge in [-0.15, -0.1) is 0 Å². The van der Waals surface area contributed by atoms with Gasteiger partial charge in [-0.2, -0.15) is 0 Å². The lowest BCUT2D eigenvalue weighted by atomic mass is 10.1. The summed E-state index contributed by atoms with van der Waals surface area (Å²) in [6.45, 7) is 0.961. The SMILES string of the molecule is CO/C1=N/CCCCCC1. The summed E-state index contributed by atoms with van der Waals surface area (Å²) < 4.78 is 5.08. The smallest absolute Gasteiger partial charge is 0.182 e. The normalized spacial score (nSPS) is 25.9. The summed E-state index contributed by atoms with van der Waals surface area (Å²) in [5, 5.41) is 0. The molecule has 2 nitrogen and oxygen atoms in total. The molecule has 1 heterocycles. The second-order valence-electron chi connectivity index (χ2n) is 2.64. The number of hydrogen-bond donors (Lipinski definition) is 0. The predicted molar refractivity (Wildman–Crippen MR) is 42.4 cm³/mol. The number of aliphatic imine (C=N–C) groups is 1. The largest absolute Gasteiger partial charge is 0.484 e. The molecule has 0 radical (unpaired) electrons. The lowest BCUT2D eigenvalue weighted by Gasteiger charge is -2.08. The molecule has 1 rings (SSSR count). The summed E-state index contributed by atoms with van der Waals surface area (Å²) in [5.74, 6) is 0.944. The monoisotopic (exact) mass is 141 g/mol. The molecular formula is C8H15NO. The molecule has 0 amide bonds. The number of ether oxygens (including phenoxy) is 1. The maximum atomic E-state index is 5.08. The summed E-state index contributed by atoms with van der Waals surface area (Å²) in [7, 11) is 1.71. The van der Waals surface area contributed by atoms with Gasteiger partial charge in [-0.05, 0) is 12.8 Å². The molecule has 0 atom stereocenters. The highest BCUT2D eigenvalue weighted by atomic mass is 16.5. The Bertz CT molecular complexity index is 120. The Morgan fingerprint density at radius 3 is 2.80 bits per heavy atom. The molecule has 0 spiro atoms. The van der Waals surface area contributed by atoms with E-state index in [2.05, 4.69) is 4.99 Å². The minimum absolute atomic E-state index is 0.944. The van der Waals surface area contributed by atoms with Crippen molar-refractivity contribution in [3.63, 3.8) is 0 Å². The van der Waals surface area contributed by atoms with Crippen molar-refractivity contribution in [1.29, 1.82) is 0 Å². The maximum absolute atomic E-state index is 5.08. The molecular weight excluding hydrogens is 126 g/mol. The molecule has 10 heavy (non-hydrogen) atoms. The molecule has 0 aromatic rings. The molecule has 0 aliphatic carbocycles. The fourth-order valence-electron chi connectivity index (χ4n) is 1.19. The van der Waals surface area contributed by atoms with Crippen LogP contribution in [0.15, 0.2) is 4.99 Å². The van der Waals surface area contributed by atoms with Gasteiger partial charge in [0.25, 0.3) is 0 Å². The summed E-state index contributed by atoms with van der Waals surface area (Å²) >= 11 is 0. The van der Waals surface area contributed by atoms with Crippen molar-refractivity contribution in [1.82, 2.24) is 0 Å². The fourth-order valence-corrected chi connectivity index (χ4v) is 1.19. The van der Waals surface area contributed by atoms with E-state index in [-0.39, 0.29) is 0 Å². The lowest BCUT2D eigenvalue weighted by molar-refractivity contribution is 0.381. The van der Waals surface area contributed by atoms with Crippen molar-refractivity contribution in [2.45, 2.75) is 32.1 Å². The fraction of sp³-hybridized carbons (Fsp3) is 0.875. The standard InChI is InChI=1S/C8H15NO/c1-10-8-6-4-2-3-5-7-9-8/h2-7H2,1H3/b9-8+. The second kappa shape index (κ2) is 4.31. The lowest BCUT2D eigenvalue weighted by Crippen LogP contribution is -2.04. The van der Waals surface area contributed by atoms with E-state index in [1.54, 1.807) is 7.11 Å². The van der Waals surface area contributed by atoms with Gasteiger partial charge in [0.05, 0.1) is 7.11 Å². The minimum atomic E-state index is 0.944. The van der Waals surface area contributed by atoms with E-state index in [1.807, 2.05) is 0 Å². The van der Waals surface area contributed by atoms with Crippen molar-refractivity contribution in [3.05, 3.63) is 0 Å². The van der Waals surface area contributed by atoms with Crippen LogP contribution < -0.4 is 0 Å². The van der Waals surface area contributed by atoms with Gasteiger partial charge in [-0.25, -0.2) is 0 Å². The predicted octanol–water partition coefficient (Wildman–Crippen LogP) is 2.00. The van der Waals surface area contributed by atoms with Gasteiger partial charge < -0.3 is 4.74 Å². The Kier molecular flexibility index (Phi) is 3.27. The minimum Gasteiger partial charge on any atom is -0.484 e. The van der Waals surface area contributed by atoms with Gasteiger partial charge in [-0.3, -0.25) is 4.99 Å². The molecule has 1 aliphatic heterocycles. The first-order valence-corrected chi connectivity index (χ1v) is 4.01. The highest BCUT2D eigenvalue weighted by Crippen LogP contribution is 2.08. The van der Waals surface area contributed by atoms with Gasteiger partial charge in [0, 0.05) is 13.0 Å². The van der Waals surface area contributed by atoms with Crippen molar-refractivity contribution < 1.29 is 4.74 Å². The molecule has 0 fully saturated rings. The molecule has 2 heteroatoms. The zero-order valence-corrected chi connectivity index (χ0v) is 6.60. The van der Waals surface area contributed by atoms with Crippen LogP contribution in [-0.2, 0) is 4.74 Å². The highest BCUT2D eigenvalue weighted by Gasteiger charge is 2.01. The molecule has 58 valence electrons. The number of rotatable bonds is 0.